The van der Waals surface area contributed by atoms with Crippen molar-refractivity contribution >= 4 is 17.5 Å². The van der Waals surface area contributed by atoms with Crippen LogP contribution in [0.4, 0.5) is 0 Å². The Balaban J connectivity index is 2.24. The summed E-state index contributed by atoms with van der Waals surface area (Å²) in [5, 5.41) is 2.50. The maximum Gasteiger partial charge on any atom is 0.237 e. The summed E-state index contributed by atoms with van der Waals surface area (Å²) in [6.07, 6.45) is 3.80. The first-order valence-corrected chi connectivity index (χ1v) is 4.99. The van der Waals surface area contributed by atoms with Crippen molar-refractivity contribution < 1.29 is 4.79 Å². The Morgan fingerprint density at radius 2 is 2.08 bits per heavy atom. The van der Waals surface area contributed by atoms with Crippen molar-refractivity contribution in [3.05, 3.63) is 0 Å². The van der Waals surface area contributed by atoms with Crippen molar-refractivity contribution in [2.45, 2.75) is 44.5 Å². The second-order valence-electron chi connectivity index (χ2n) is 3.60. The molecule has 0 aromatic rings. The number of amides is 1. The Morgan fingerprint density at radius 3 is 2.42 bits per heavy atom. The smallest absolute Gasteiger partial charge is 0.237 e. The monoisotopic (exact) mass is 189 g/mol. The summed E-state index contributed by atoms with van der Waals surface area (Å²) in [4.78, 5) is 11.2. The van der Waals surface area contributed by atoms with Gasteiger partial charge in [-0.05, 0) is 32.6 Å². The average molecular weight is 190 g/mol. The first-order chi connectivity index (χ1) is 5.61. The highest BCUT2D eigenvalue weighted by molar-refractivity contribution is 6.30. The van der Waals surface area contributed by atoms with Crippen LogP contribution in [0, 0.1) is 5.92 Å². The summed E-state index contributed by atoms with van der Waals surface area (Å²) in [6, 6.07) is 0.299. The van der Waals surface area contributed by atoms with E-state index in [4.69, 9.17) is 11.6 Å². The minimum atomic E-state index is -0.410. The standard InChI is InChI=1S/C9H16ClNO/c1-6(10)9(12)11-7(2)8-4-3-5-8/h6-8H,3-5H2,1-2H3,(H,11,12). The lowest BCUT2D eigenvalue weighted by molar-refractivity contribution is -0.121. The van der Waals surface area contributed by atoms with E-state index in [-0.39, 0.29) is 5.91 Å². The normalized spacial score (nSPS) is 22.6. The predicted octanol–water partition coefficient (Wildman–Crippen LogP) is 1.92. The second-order valence-corrected chi connectivity index (χ2v) is 4.26. The fourth-order valence-corrected chi connectivity index (χ4v) is 1.46. The maximum atomic E-state index is 11.2. The predicted molar refractivity (Wildman–Crippen MR) is 50.3 cm³/mol. The molecule has 1 fully saturated rings. The zero-order chi connectivity index (χ0) is 9.14. The van der Waals surface area contributed by atoms with Crippen LogP contribution in [0.25, 0.3) is 0 Å². The zero-order valence-corrected chi connectivity index (χ0v) is 8.40. The molecule has 0 aromatic carbocycles. The quantitative estimate of drug-likeness (QED) is 0.676. The minimum absolute atomic E-state index is 0.0453. The number of hydrogen-bond donors (Lipinski definition) is 1. The third kappa shape index (κ3) is 2.37. The fraction of sp³-hybridized carbons (Fsp3) is 0.889. The molecule has 2 atom stereocenters. The molecule has 3 heteroatoms. The molecule has 0 bridgehead atoms. The number of hydrogen-bond acceptors (Lipinski definition) is 1. The van der Waals surface area contributed by atoms with Crippen molar-refractivity contribution in [3.63, 3.8) is 0 Å². The molecule has 0 heterocycles. The molecule has 2 nitrogen and oxygen atoms in total. The van der Waals surface area contributed by atoms with Crippen LogP contribution >= 0.6 is 11.6 Å². The van der Waals surface area contributed by atoms with Crippen molar-refractivity contribution in [2.24, 2.45) is 5.92 Å². The number of alkyl halides is 1. The Hall–Kier alpha value is -0.240. The lowest BCUT2D eigenvalue weighted by Gasteiger charge is -2.32. The molecule has 0 aliphatic heterocycles. The van der Waals surface area contributed by atoms with E-state index in [1.165, 1.54) is 19.3 Å². The molecule has 1 saturated carbocycles. The molecule has 0 spiro atoms. The van der Waals surface area contributed by atoms with Crippen LogP contribution in [0.1, 0.15) is 33.1 Å². The van der Waals surface area contributed by atoms with E-state index in [9.17, 15) is 4.79 Å². The maximum absolute atomic E-state index is 11.2. The van der Waals surface area contributed by atoms with Gasteiger partial charge in [0, 0.05) is 6.04 Å². The van der Waals surface area contributed by atoms with E-state index in [0.29, 0.717) is 12.0 Å². The summed E-state index contributed by atoms with van der Waals surface area (Å²) in [5.41, 5.74) is 0. The van der Waals surface area contributed by atoms with Crippen molar-refractivity contribution in [1.82, 2.24) is 5.32 Å². The fourth-order valence-electron chi connectivity index (χ4n) is 1.40. The molecule has 1 amide bonds. The van der Waals surface area contributed by atoms with Gasteiger partial charge in [-0.3, -0.25) is 4.79 Å². The van der Waals surface area contributed by atoms with Crippen LogP contribution in [0.3, 0.4) is 0 Å². The van der Waals surface area contributed by atoms with Crippen LogP contribution in [0.5, 0.6) is 0 Å². The number of nitrogens with one attached hydrogen (secondary N) is 1. The van der Waals surface area contributed by atoms with Crippen molar-refractivity contribution in [3.8, 4) is 0 Å². The third-order valence-electron chi connectivity index (χ3n) is 2.59. The van der Waals surface area contributed by atoms with Crippen LogP contribution in [0.2, 0.25) is 0 Å². The number of carbonyl (C=O) groups excluding carboxylic acids is 1. The van der Waals surface area contributed by atoms with Gasteiger partial charge in [-0.1, -0.05) is 6.42 Å². The first kappa shape index (κ1) is 9.85. The molecule has 0 radical (unpaired) electrons. The largest absolute Gasteiger partial charge is 0.352 e. The summed E-state index contributed by atoms with van der Waals surface area (Å²) in [6.45, 7) is 3.76. The average Bonchev–Trinajstić information content (AvgIpc) is 1.82. The van der Waals surface area contributed by atoms with E-state index >= 15 is 0 Å². The molecule has 1 aliphatic carbocycles. The third-order valence-corrected chi connectivity index (χ3v) is 2.79. The highest BCUT2D eigenvalue weighted by atomic mass is 35.5. The van der Waals surface area contributed by atoms with Crippen LogP contribution in [-0.4, -0.2) is 17.3 Å². The van der Waals surface area contributed by atoms with E-state index in [1.807, 2.05) is 0 Å². The highest BCUT2D eigenvalue weighted by Gasteiger charge is 2.25. The van der Waals surface area contributed by atoms with Gasteiger partial charge in [-0.2, -0.15) is 0 Å². The van der Waals surface area contributed by atoms with Gasteiger partial charge in [-0.15, -0.1) is 11.6 Å². The molecule has 0 aromatic heterocycles. The highest BCUT2D eigenvalue weighted by Crippen LogP contribution is 2.29. The van der Waals surface area contributed by atoms with E-state index in [1.54, 1.807) is 6.92 Å². The summed E-state index contributed by atoms with van der Waals surface area (Å²) >= 11 is 5.63. The Bertz CT molecular complexity index is 166. The number of rotatable bonds is 3. The molecular weight excluding hydrogens is 174 g/mol. The van der Waals surface area contributed by atoms with E-state index in [0.717, 1.165) is 0 Å². The molecule has 1 aliphatic rings. The van der Waals surface area contributed by atoms with Gasteiger partial charge in [-0.25, -0.2) is 0 Å². The zero-order valence-electron chi connectivity index (χ0n) is 7.64. The van der Waals surface area contributed by atoms with Gasteiger partial charge >= 0.3 is 0 Å². The Labute approximate surface area is 78.7 Å². The minimum Gasteiger partial charge on any atom is -0.352 e. The molecule has 70 valence electrons. The topological polar surface area (TPSA) is 29.1 Å². The van der Waals surface area contributed by atoms with Gasteiger partial charge in [0.1, 0.15) is 5.38 Å². The Kier molecular flexibility index (Phi) is 3.39. The second kappa shape index (κ2) is 4.13. The molecular formula is C9H16ClNO. The molecule has 0 saturated heterocycles. The van der Waals surface area contributed by atoms with Gasteiger partial charge in [0.05, 0.1) is 0 Å². The SMILES string of the molecule is CC(Cl)C(=O)NC(C)C1CCC1. The molecule has 12 heavy (non-hydrogen) atoms. The first-order valence-electron chi connectivity index (χ1n) is 4.55. The number of halogens is 1. The lowest BCUT2D eigenvalue weighted by Crippen LogP contribution is -2.43. The van der Waals surface area contributed by atoms with Crippen LogP contribution in [0.15, 0.2) is 0 Å². The van der Waals surface area contributed by atoms with E-state index in [2.05, 4.69) is 12.2 Å². The molecule has 1 N–H and O–H groups in total. The summed E-state index contributed by atoms with van der Waals surface area (Å²) in [7, 11) is 0. The van der Waals surface area contributed by atoms with E-state index < -0.39 is 5.38 Å². The lowest BCUT2D eigenvalue weighted by atomic mass is 9.80. The van der Waals surface area contributed by atoms with Crippen molar-refractivity contribution in [1.29, 1.82) is 0 Å². The summed E-state index contributed by atoms with van der Waals surface area (Å²) in [5.74, 6) is 0.639. The van der Waals surface area contributed by atoms with Gasteiger partial charge in [0.25, 0.3) is 0 Å². The number of carbonyl (C=O) groups is 1. The van der Waals surface area contributed by atoms with Gasteiger partial charge < -0.3 is 5.32 Å². The van der Waals surface area contributed by atoms with Gasteiger partial charge in [0.15, 0.2) is 0 Å². The molecule has 2 unspecified atom stereocenters. The molecule has 1 rings (SSSR count). The van der Waals surface area contributed by atoms with Crippen LogP contribution < -0.4 is 5.32 Å². The summed E-state index contributed by atoms with van der Waals surface area (Å²) < 4.78 is 0. The Morgan fingerprint density at radius 1 is 1.50 bits per heavy atom. The van der Waals surface area contributed by atoms with Crippen LogP contribution in [-0.2, 0) is 4.79 Å². The van der Waals surface area contributed by atoms with Gasteiger partial charge in [0.2, 0.25) is 5.91 Å². The van der Waals surface area contributed by atoms with Crippen molar-refractivity contribution in [2.75, 3.05) is 0 Å².